The number of aromatic nitrogens is 2. The molecular formula is C31H39FN6O3. The minimum Gasteiger partial charge on any atom is -0.497 e. The maximum atomic E-state index is 14.0. The Hall–Kier alpha value is -3.47. The molecule has 9 nitrogen and oxygen atoms in total. The van der Waals surface area contributed by atoms with Crippen LogP contribution in [-0.2, 0) is 13.0 Å². The number of aliphatic hydroxyl groups excluding tert-OH is 1. The third kappa shape index (κ3) is 5.68. The number of nitrogens with zero attached hydrogens (tertiary/aromatic N) is 6. The molecule has 218 valence electrons. The van der Waals surface area contributed by atoms with Crippen LogP contribution in [-0.4, -0.2) is 103 Å². The van der Waals surface area contributed by atoms with Crippen molar-refractivity contribution in [2.45, 2.75) is 37.8 Å². The van der Waals surface area contributed by atoms with Crippen molar-refractivity contribution >= 4 is 22.3 Å². The molecule has 6 rings (SSSR count). The van der Waals surface area contributed by atoms with Crippen LogP contribution in [0.25, 0.3) is 10.8 Å². The van der Waals surface area contributed by atoms with Gasteiger partial charge in [-0.3, -0.25) is 9.80 Å². The number of halogens is 1. The number of piperazine rings is 1. The number of fused-ring (bicyclic) bond motifs is 2. The number of aliphatic hydroxyl groups is 1. The number of anilines is 2. The zero-order valence-electron chi connectivity index (χ0n) is 23.9. The molecule has 2 saturated heterocycles. The van der Waals surface area contributed by atoms with E-state index in [1.54, 1.807) is 13.2 Å². The first-order valence-corrected chi connectivity index (χ1v) is 14.4. The Morgan fingerprint density at radius 2 is 1.93 bits per heavy atom. The average molecular weight is 563 g/mol. The molecule has 2 fully saturated rings. The number of methoxy groups -OCH3 is 1. The molecule has 4 heterocycles. The fourth-order valence-corrected chi connectivity index (χ4v) is 6.29. The molecule has 0 saturated carbocycles. The van der Waals surface area contributed by atoms with E-state index in [1.165, 1.54) is 5.39 Å². The molecule has 0 aliphatic carbocycles. The highest BCUT2D eigenvalue weighted by Crippen LogP contribution is 2.37. The molecular weight excluding hydrogens is 523 g/mol. The Kier molecular flexibility index (Phi) is 7.96. The Bertz CT molecular complexity index is 1400. The molecule has 0 radical (unpaired) electrons. The molecule has 3 aliphatic heterocycles. The second kappa shape index (κ2) is 11.8. The molecule has 1 aromatic heterocycles. The van der Waals surface area contributed by atoms with E-state index < -0.39 is 12.4 Å². The van der Waals surface area contributed by atoms with E-state index >= 15 is 0 Å². The van der Waals surface area contributed by atoms with E-state index in [0.29, 0.717) is 45.2 Å². The smallest absolute Gasteiger partial charge is 0.318 e. The van der Waals surface area contributed by atoms with Crippen LogP contribution in [0.3, 0.4) is 0 Å². The molecule has 0 amide bonds. The average Bonchev–Trinajstić information content (AvgIpc) is 3.34. The summed E-state index contributed by atoms with van der Waals surface area (Å²) in [7, 11) is 3.63. The lowest BCUT2D eigenvalue weighted by Crippen LogP contribution is -2.50. The first-order chi connectivity index (χ1) is 19.9. The molecule has 41 heavy (non-hydrogen) atoms. The van der Waals surface area contributed by atoms with Crippen LogP contribution in [0.2, 0.25) is 0 Å². The Morgan fingerprint density at radius 1 is 1.12 bits per heavy atom. The van der Waals surface area contributed by atoms with Gasteiger partial charge in [0.2, 0.25) is 0 Å². The van der Waals surface area contributed by atoms with E-state index in [0.717, 1.165) is 60.0 Å². The summed E-state index contributed by atoms with van der Waals surface area (Å²) in [5, 5.41) is 12.5. The largest absolute Gasteiger partial charge is 0.497 e. The summed E-state index contributed by atoms with van der Waals surface area (Å²) in [6, 6.07) is 12.9. The lowest BCUT2D eigenvalue weighted by molar-refractivity contribution is 0.0379. The molecule has 3 aliphatic rings. The van der Waals surface area contributed by atoms with Gasteiger partial charge in [0, 0.05) is 68.0 Å². The quantitative estimate of drug-likeness (QED) is 0.417. The monoisotopic (exact) mass is 562 g/mol. The summed E-state index contributed by atoms with van der Waals surface area (Å²) >= 11 is 0. The predicted molar refractivity (Wildman–Crippen MR) is 159 cm³/mol. The second-order valence-corrected chi connectivity index (χ2v) is 11.2. The number of ether oxygens (including phenoxy) is 2. The van der Waals surface area contributed by atoms with Crippen LogP contribution in [0, 0.1) is 0 Å². The van der Waals surface area contributed by atoms with Crippen molar-refractivity contribution < 1.29 is 19.0 Å². The SMILES string of the molecule is C=CC(O)N1CCN(c2nc(OCC3C[C@@H](F)CN3C)nc3c2CCN(c2cc(OC)cc4ccccc24)C3)CC1. The number of hydrogen-bond donors (Lipinski definition) is 1. The van der Waals surface area contributed by atoms with Crippen LogP contribution in [0.4, 0.5) is 15.9 Å². The Morgan fingerprint density at radius 3 is 2.66 bits per heavy atom. The number of alkyl halides is 1. The zero-order valence-corrected chi connectivity index (χ0v) is 23.9. The van der Waals surface area contributed by atoms with Gasteiger partial charge in [-0.25, -0.2) is 4.39 Å². The standard InChI is InChI=1S/C31H39FN6O3/c1-4-29(39)36-11-13-37(14-12-36)30-26-9-10-38(28-17-24(40-3)15-21-7-5-6-8-25(21)28)19-27(26)33-31(34-30)41-20-23-16-22(32)18-35(23)2/h4-8,15,17,22-23,29,39H,1,9-14,16,18-20H2,2-3H3/t22-,23?,29?/m1/s1. The highest BCUT2D eigenvalue weighted by molar-refractivity contribution is 5.95. The normalized spacial score (nSPS) is 22.5. The van der Waals surface area contributed by atoms with Gasteiger partial charge in [-0.05, 0) is 37.4 Å². The van der Waals surface area contributed by atoms with Gasteiger partial charge in [-0.1, -0.05) is 30.8 Å². The first kappa shape index (κ1) is 27.7. The van der Waals surface area contributed by atoms with Gasteiger partial charge in [0.15, 0.2) is 0 Å². The van der Waals surface area contributed by atoms with Gasteiger partial charge in [0.25, 0.3) is 0 Å². The van der Waals surface area contributed by atoms with Crippen LogP contribution < -0.4 is 19.3 Å². The van der Waals surface area contributed by atoms with Crippen LogP contribution in [0.5, 0.6) is 11.8 Å². The van der Waals surface area contributed by atoms with Gasteiger partial charge in [0.1, 0.15) is 30.6 Å². The third-order valence-corrected chi connectivity index (χ3v) is 8.65. The van der Waals surface area contributed by atoms with Gasteiger partial charge in [-0.15, -0.1) is 0 Å². The van der Waals surface area contributed by atoms with E-state index in [4.69, 9.17) is 19.4 Å². The van der Waals surface area contributed by atoms with Crippen molar-refractivity contribution in [3.8, 4) is 11.8 Å². The maximum Gasteiger partial charge on any atom is 0.318 e. The highest BCUT2D eigenvalue weighted by atomic mass is 19.1. The minimum atomic E-state index is -0.831. The van der Waals surface area contributed by atoms with Crippen molar-refractivity contribution in [2.24, 2.45) is 0 Å². The van der Waals surface area contributed by atoms with Gasteiger partial charge in [0.05, 0.1) is 19.3 Å². The Balaban J connectivity index is 1.31. The molecule has 3 aromatic rings. The minimum absolute atomic E-state index is 0.00309. The number of rotatable bonds is 8. The van der Waals surface area contributed by atoms with Gasteiger partial charge < -0.3 is 24.4 Å². The predicted octanol–water partition coefficient (Wildman–Crippen LogP) is 3.25. The third-order valence-electron chi connectivity index (χ3n) is 8.65. The van der Waals surface area contributed by atoms with Crippen LogP contribution in [0.15, 0.2) is 49.1 Å². The Labute approximate surface area is 240 Å². The summed E-state index contributed by atoms with van der Waals surface area (Å²) in [5.41, 5.74) is 3.20. The summed E-state index contributed by atoms with van der Waals surface area (Å²) in [4.78, 5) is 18.5. The number of hydrogen-bond acceptors (Lipinski definition) is 9. The van der Waals surface area contributed by atoms with Gasteiger partial charge in [-0.2, -0.15) is 9.97 Å². The highest BCUT2D eigenvalue weighted by Gasteiger charge is 2.32. The summed E-state index contributed by atoms with van der Waals surface area (Å²) in [6.45, 7) is 8.80. The van der Waals surface area contributed by atoms with Gasteiger partial charge >= 0.3 is 6.01 Å². The lowest BCUT2D eigenvalue weighted by Gasteiger charge is -2.39. The lowest BCUT2D eigenvalue weighted by atomic mass is 10.0. The molecule has 1 N–H and O–H groups in total. The first-order valence-electron chi connectivity index (χ1n) is 14.4. The topological polar surface area (TPSA) is 77.4 Å². The molecule has 2 aromatic carbocycles. The van der Waals surface area contributed by atoms with E-state index in [-0.39, 0.29) is 6.04 Å². The van der Waals surface area contributed by atoms with E-state index in [1.807, 2.05) is 22.9 Å². The van der Waals surface area contributed by atoms with Crippen LogP contribution in [0.1, 0.15) is 17.7 Å². The van der Waals surface area contributed by atoms with Crippen molar-refractivity contribution in [3.05, 3.63) is 60.3 Å². The summed E-state index contributed by atoms with van der Waals surface area (Å²) in [5.74, 6) is 1.72. The van der Waals surface area contributed by atoms with E-state index in [9.17, 15) is 9.50 Å². The van der Waals surface area contributed by atoms with Crippen molar-refractivity contribution in [1.82, 2.24) is 19.8 Å². The summed E-state index contributed by atoms with van der Waals surface area (Å²) in [6.07, 6.45) is 1.33. The summed E-state index contributed by atoms with van der Waals surface area (Å²) < 4.78 is 25.8. The maximum absolute atomic E-state index is 14.0. The second-order valence-electron chi connectivity index (χ2n) is 11.2. The molecule has 10 heteroatoms. The van der Waals surface area contributed by atoms with Crippen molar-refractivity contribution in [2.75, 3.05) is 69.8 Å². The zero-order chi connectivity index (χ0) is 28.5. The fourth-order valence-electron chi connectivity index (χ4n) is 6.29. The van der Waals surface area contributed by atoms with Crippen molar-refractivity contribution in [3.63, 3.8) is 0 Å². The van der Waals surface area contributed by atoms with Crippen molar-refractivity contribution in [1.29, 1.82) is 0 Å². The molecule has 2 unspecified atom stereocenters. The van der Waals surface area contributed by atoms with Crippen LogP contribution >= 0.6 is 0 Å². The number of benzene rings is 2. The number of likely N-dealkylation sites (tertiary alicyclic amines) is 1. The number of likely N-dealkylation sites (N-methyl/N-ethyl adjacent to an activating group) is 1. The van der Waals surface area contributed by atoms with E-state index in [2.05, 4.69) is 46.7 Å². The molecule has 0 spiro atoms. The molecule has 3 atom stereocenters. The molecule has 0 bridgehead atoms. The fraction of sp³-hybridized carbons (Fsp3) is 0.484.